The number of benzene rings is 2. The van der Waals surface area contributed by atoms with Crippen LogP contribution in [0.2, 0.25) is 0 Å². The summed E-state index contributed by atoms with van der Waals surface area (Å²) in [5.74, 6) is 1.71. The third kappa shape index (κ3) is 13.7. The number of carbonyl (C=O) groups is 2. The molecule has 2 aromatic rings. The Morgan fingerprint density at radius 3 is 1.25 bits per heavy atom. The Morgan fingerprint density at radius 2 is 0.938 bits per heavy atom. The Morgan fingerprint density at radius 1 is 0.583 bits per heavy atom. The smallest absolute Gasteiger partial charge is 0.175 e. The van der Waals surface area contributed by atoms with Gasteiger partial charge >= 0.3 is 0 Å². The molecule has 8 heteroatoms. The second kappa shape index (κ2) is 22.1. The van der Waals surface area contributed by atoms with Gasteiger partial charge in [-0.1, -0.05) is 78.4 Å². The fraction of sp³-hybridized carbons (Fsp3) is 0.500. The van der Waals surface area contributed by atoms with Crippen molar-refractivity contribution in [2.45, 2.75) is 92.9 Å². The number of rotatable bonds is 23. The molecular formula is C40H52N2O6. The molecule has 0 fully saturated rings. The second-order valence-electron chi connectivity index (χ2n) is 12.2. The molecule has 0 aliphatic rings. The van der Waals surface area contributed by atoms with Crippen molar-refractivity contribution in [1.82, 2.24) is 0 Å². The summed E-state index contributed by atoms with van der Waals surface area (Å²) in [5.41, 5.74) is 1.73. The van der Waals surface area contributed by atoms with Crippen LogP contribution in [0.4, 0.5) is 0 Å². The maximum absolute atomic E-state index is 12.3. The van der Waals surface area contributed by atoms with E-state index in [4.69, 9.17) is 18.9 Å². The van der Waals surface area contributed by atoms with Gasteiger partial charge in [0.25, 0.3) is 0 Å². The molecule has 48 heavy (non-hydrogen) atoms. The lowest BCUT2D eigenvalue weighted by Crippen LogP contribution is -2.08. The first-order chi connectivity index (χ1) is 23.1. The molecule has 0 unspecified atom stereocenters. The molecule has 0 N–H and O–H groups in total. The molecule has 0 amide bonds. The normalized spacial score (nSPS) is 11.6. The van der Waals surface area contributed by atoms with E-state index in [1.165, 1.54) is 12.8 Å². The number of hydrogen-bond acceptors (Lipinski definition) is 8. The largest absolute Gasteiger partial charge is 0.490 e. The lowest BCUT2D eigenvalue weighted by atomic mass is 10.00. The van der Waals surface area contributed by atoms with E-state index >= 15 is 0 Å². The van der Waals surface area contributed by atoms with E-state index in [0.717, 1.165) is 49.7 Å². The Balaban J connectivity index is 1.69. The number of ketones is 2. The van der Waals surface area contributed by atoms with Crippen LogP contribution in [0.5, 0.6) is 23.0 Å². The summed E-state index contributed by atoms with van der Waals surface area (Å²) in [7, 11) is 0. The van der Waals surface area contributed by atoms with Crippen molar-refractivity contribution in [1.29, 1.82) is 10.5 Å². The van der Waals surface area contributed by atoms with Gasteiger partial charge in [0.2, 0.25) is 0 Å². The Bertz CT molecular complexity index is 1360. The van der Waals surface area contributed by atoms with E-state index in [0.29, 0.717) is 49.4 Å². The number of nitriles is 2. The fourth-order valence-corrected chi connectivity index (χ4v) is 4.91. The summed E-state index contributed by atoms with van der Waals surface area (Å²) in [6.45, 7) is 13.1. The van der Waals surface area contributed by atoms with Gasteiger partial charge in [-0.15, -0.1) is 0 Å². The number of allylic oxidation sites excluding steroid dienone is 2. The minimum absolute atomic E-state index is 0.135. The molecule has 2 rings (SSSR count). The van der Waals surface area contributed by atoms with Crippen molar-refractivity contribution in [3.63, 3.8) is 0 Å². The number of ether oxygens (including phenoxy) is 4. The molecule has 0 saturated heterocycles. The first-order valence-corrected chi connectivity index (χ1v) is 17.3. The summed E-state index contributed by atoms with van der Waals surface area (Å²) in [5, 5.41) is 18.8. The predicted octanol–water partition coefficient (Wildman–Crippen LogP) is 9.33. The van der Waals surface area contributed by atoms with E-state index in [-0.39, 0.29) is 34.5 Å². The van der Waals surface area contributed by atoms with Gasteiger partial charge in [0.1, 0.15) is 12.1 Å². The van der Waals surface area contributed by atoms with E-state index in [1.807, 2.05) is 62.4 Å². The molecule has 0 radical (unpaired) electrons. The van der Waals surface area contributed by atoms with Crippen LogP contribution in [-0.2, 0) is 9.59 Å². The molecule has 0 spiro atoms. The van der Waals surface area contributed by atoms with E-state index < -0.39 is 0 Å². The zero-order valence-corrected chi connectivity index (χ0v) is 29.6. The Hall–Kier alpha value is -4.56. The number of Topliss-reactive ketones (excluding diaryl/α,β-unsaturated/α-hetero) is 2. The van der Waals surface area contributed by atoms with Gasteiger partial charge in [-0.25, -0.2) is 0 Å². The molecule has 0 aliphatic heterocycles. The molecule has 2 aromatic carbocycles. The number of nitrogens with zero attached hydrogens (tertiary/aromatic N) is 2. The molecule has 0 saturated carbocycles. The van der Waals surface area contributed by atoms with Crippen LogP contribution in [0.25, 0.3) is 12.2 Å². The molecule has 0 atom stereocenters. The van der Waals surface area contributed by atoms with Gasteiger partial charge in [0, 0.05) is 11.8 Å². The summed E-state index contributed by atoms with van der Waals surface area (Å²) < 4.78 is 23.6. The molecule has 0 bridgehead atoms. The van der Waals surface area contributed by atoms with Crippen LogP contribution in [0, 0.1) is 34.5 Å². The third-order valence-electron chi connectivity index (χ3n) is 7.53. The molecule has 0 heterocycles. The molecule has 8 nitrogen and oxygen atoms in total. The minimum atomic E-state index is -0.241. The van der Waals surface area contributed by atoms with Gasteiger partial charge in [0.15, 0.2) is 34.6 Å². The number of hydrogen-bond donors (Lipinski definition) is 0. The lowest BCUT2D eigenvalue weighted by molar-refractivity contribution is -0.118. The fourth-order valence-electron chi connectivity index (χ4n) is 4.91. The average Bonchev–Trinajstić information content (AvgIpc) is 3.07. The summed E-state index contributed by atoms with van der Waals surface area (Å²) in [6, 6.07) is 15.0. The first-order valence-electron chi connectivity index (χ1n) is 17.3. The van der Waals surface area contributed by atoms with Gasteiger partial charge in [-0.3, -0.25) is 9.59 Å². The van der Waals surface area contributed by atoms with Gasteiger partial charge in [0.05, 0.1) is 37.6 Å². The van der Waals surface area contributed by atoms with Crippen molar-refractivity contribution in [3.05, 3.63) is 58.7 Å². The summed E-state index contributed by atoms with van der Waals surface area (Å²) in [4.78, 5) is 24.5. The van der Waals surface area contributed by atoms with Gasteiger partial charge < -0.3 is 18.9 Å². The number of unbranched alkanes of at least 4 members (excludes halogenated alkanes) is 7. The Kier molecular flexibility index (Phi) is 18.2. The maximum atomic E-state index is 12.3. The highest BCUT2D eigenvalue weighted by molar-refractivity contribution is 6.04. The molecular weight excluding hydrogens is 604 g/mol. The predicted molar refractivity (Wildman–Crippen MR) is 190 cm³/mol. The first kappa shape index (κ1) is 39.6. The average molecular weight is 657 g/mol. The van der Waals surface area contributed by atoms with Gasteiger partial charge in [-0.2, -0.15) is 10.5 Å². The SMILES string of the molecule is CCOc1cc(C=C(C#N)C(=O)C(C)C)ccc1OCCCCCCCCCCOc1ccc(C=C(C#N)C(=O)C(C)C)cc1OCC. The van der Waals surface area contributed by atoms with Crippen molar-refractivity contribution < 1.29 is 28.5 Å². The van der Waals surface area contributed by atoms with Crippen molar-refractivity contribution in [3.8, 4) is 35.1 Å². The van der Waals surface area contributed by atoms with Crippen molar-refractivity contribution in [2.75, 3.05) is 26.4 Å². The second-order valence-corrected chi connectivity index (χ2v) is 12.2. The highest BCUT2D eigenvalue weighted by Gasteiger charge is 2.15. The van der Waals surface area contributed by atoms with Crippen molar-refractivity contribution >= 4 is 23.7 Å². The van der Waals surface area contributed by atoms with Crippen LogP contribution >= 0.6 is 0 Å². The van der Waals surface area contributed by atoms with Gasteiger partial charge in [-0.05, 0) is 74.2 Å². The standard InChI is InChI=1S/C40H52N2O6/c1-7-45-37-25-31(23-33(27-41)39(43)29(3)4)17-19-35(37)47-21-15-13-11-9-10-12-14-16-22-48-36-20-18-32(26-38(36)46-8-2)24-34(28-42)40(44)30(5)6/h17-20,23-26,29-30H,7-16,21-22H2,1-6H3. The number of carbonyl (C=O) groups excluding carboxylic acids is 2. The van der Waals surface area contributed by atoms with E-state index in [9.17, 15) is 20.1 Å². The molecule has 0 aliphatic carbocycles. The maximum Gasteiger partial charge on any atom is 0.175 e. The lowest BCUT2D eigenvalue weighted by Gasteiger charge is -2.13. The highest BCUT2D eigenvalue weighted by Crippen LogP contribution is 2.31. The zero-order valence-electron chi connectivity index (χ0n) is 29.6. The monoisotopic (exact) mass is 656 g/mol. The topological polar surface area (TPSA) is 119 Å². The molecule has 0 aromatic heterocycles. The van der Waals surface area contributed by atoms with Crippen LogP contribution in [0.3, 0.4) is 0 Å². The summed E-state index contributed by atoms with van der Waals surface area (Å²) >= 11 is 0. The minimum Gasteiger partial charge on any atom is -0.490 e. The van der Waals surface area contributed by atoms with Crippen molar-refractivity contribution in [2.24, 2.45) is 11.8 Å². The van der Waals surface area contributed by atoms with Crippen LogP contribution < -0.4 is 18.9 Å². The Labute approximate surface area is 287 Å². The quantitative estimate of drug-likeness (QED) is 0.0659. The van der Waals surface area contributed by atoms with Crippen LogP contribution in [0.15, 0.2) is 47.5 Å². The van der Waals surface area contributed by atoms with Crippen LogP contribution in [0.1, 0.15) is 104 Å². The third-order valence-corrected chi connectivity index (χ3v) is 7.53. The zero-order chi connectivity index (χ0) is 35.3. The van der Waals surface area contributed by atoms with E-state index in [2.05, 4.69) is 0 Å². The van der Waals surface area contributed by atoms with E-state index in [1.54, 1.807) is 39.8 Å². The molecule has 258 valence electrons. The summed E-state index contributed by atoms with van der Waals surface area (Å²) in [6.07, 6.45) is 11.9. The highest BCUT2D eigenvalue weighted by atomic mass is 16.5. The van der Waals surface area contributed by atoms with Crippen LogP contribution in [-0.4, -0.2) is 38.0 Å².